The van der Waals surface area contributed by atoms with Gasteiger partial charge in [0, 0.05) is 45.2 Å². The Labute approximate surface area is 159 Å². The predicted octanol–water partition coefficient (Wildman–Crippen LogP) is 3.10. The number of halogens is 4. The highest BCUT2D eigenvalue weighted by Crippen LogP contribution is 2.31. The lowest BCUT2D eigenvalue weighted by Gasteiger charge is -2.33. The number of piperidine rings is 1. The van der Waals surface area contributed by atoms with Crippen molar-refractivity contribution in [2.75, 3.05) is 24.6 Å². The summed E-state index contributed by atoms with van der Waals surface area (Å²) in [6.07, 6.45) is -0.217. The second-order valence-electron chi connectivity index (χ2n) is 6.45. The van der Waals surface area contributed by atoms with E-state index >= 15 is 0 Å². The molecule has 0 unspecified atom stereocenters. The van der Waals surface area contributed by atoms with Crippen LogP contribution in [0.1, 0.15) is 29.7 Å². The Morgan fingerprint density at radius 3 is 2.56 bits per heavy atom. The maximum Gasteiger partial charge on any atom is 0.436 e. The highest BCUT2D eigenvalue weighted by Gasteiger charge is 2.36. The van der Waals surface area contributed by atoms with Crippen LogP contribution in [-0.4, -0.2) is 39.6 Å². The third kappa shape index (κ3) is 4.54. The van der Waals surface area contributed by atoms with E-state index in [2.05, 4.69) is 26.8 Å². The Morgan fingerprint density at radius 1 is 1.26 bits per heavy atom. The van der Waals surface area contributed by atoms with Gasteiger partial charge < -0.3 is 10.0 Å². The molecule has 27 heavy (non-hydrogen) atoms. The van der Waals surface area contributed by atoms with Crippen LogP contribution in [0.3, 0.4) is 0 Å². The summed E-state index contributed by atoms with van der Waals surface area (Å²) >= 11 is 6.01. The second kappa shape index (κ2) is 7.79. The third-order valence-corrected chi connectivity index (χ3v) is 4.70. The minimum atomic E-state index is -4.57. The zero-order valence-electron chi connectivity index (χ0n) is 14.6. The molecular formula is C18H18ClF3N4O. The molecule has 144 valence electrons. The summed E-state index contributed by atoms with van der Waals surface area (Å²) in [7, 11) is 1.42. The van der Waals surface area contributed by atoms with Crippen molar-refractivity contribution in [2.24, 2.45) is 13.0 Å². The number of nitrogens with zero attached hydrogens (tertiary/aromatic N) is 4. The van der Waals surface area contributed by atoms with Crippen LogP contribution in [0, 0.1) is 17.8 Å². The Morgan fingerprint density at radius 2 is 1.93 bits per heavy atom. The lowest BCUT2D eigenvalue weighted by Crippen LogP contribution is -2.35. The molecular weight excluding hydrogens is 381 g/mol. The molecule has 0 bridgehead atoms. The maximum atomic E-state index is 13.1. The molecule has 0 atom stereocenters. The van der Waals surface area contributed by atoms with Gasteiger partial charge in [0.15, 0.2) is 5.69 Å². The van der Waals surface area contributed by atoms with E-state index in [0.717, 1.165) is 23.2 Å². The Hall–Kier alpha value is -2.24. The molecule has 1 aliphatic rings. The summed E-state index contributed by atoms with van der Waals surface area (Å²) in [5.41, 5.74) is 0.0322. The van der Waals surface area contributed by atoms with E-state index in [1.54, 1.807) is 6.07 Å². The summed E-state index contributed by atoms with van der Waals surface area (Å²) in [4.78, 5) is 6.07. The second-order valence-corrected chi connectivity index (χ2v) is 6.84. The van der Waals surface area contributed by atoms with E-state index in [1.165, 1.54) is 19.4 Å². The van der Waals surface area contributed by atoms with Crippen molar-refractivity contribution in [1.29, 1.82) is 0 Å². The van der Waals surface area contributed by atoms with Crippen LogP contribution in [0.15, 0.2) is 18.5 Å². The molecule has 5 nitrogen and oxygen atoms in total. The van der Waals surface area contributed by atoms with Gasteiger partial charge >= 0.3 is 6.18 Å². The summed E-state index contributed by atoms with van der Waals surface area (Å²) in [6.45, 7) is 1.57. The van der Waals surface area contributed by atoms with E-state index in [-0.39, 0.29) is 23.2 Å². The van der Waals surface area contributed by atoms with Gasteiger partial charge in [-0.05, 0) is 18.8 Å². The fraction of sp³-hybridized carbons (Fsp3) is 0.444. The number of pyridine rings is 1. The van der Waals surface area contributed by atoms with E-state index in [0.29, 0.717) is 18.7 Å². The zero-order chi connectivity index (χ0) is 19.6. The zero-order valence-corrected chi connectivity index (χ0v) is 15.3. The van der Waals surface area contributed by atoms with Crippen molar-refractivity contribution in [3.8, 4) is 11.8 Å². The number of hydrogen-bond donors (Lipinski definition) is 1. The van der Waals surface area contributed by atoms with Crippen LogP contribution in [0.2, 0.25) is 5.15 Å². The molecule has 3 heterocycles. The van der Waals surface area contributed by atoms with Gasteiger partial charge in [-0.15, -0.1) is 0 Å². The largest absolute Gasteiger partial charge is 0.436 e. The molecule has 9 heteroatoms. The number of aliphatic hydroxyl groups excluding tert-OH is 1. The van der Waals surface area contributed by atoms with Gasteiger partial charge in [-0.3, -0.25) is 4.68 Å². The lowest BCUT2D eigenvalue weighted by atomic mass is 9.97. The number of hydrogen-bond acceptors (Lipinski definition) is 4. The first kappa shape index (κ1) is 19.5. The van der Waals surface area contributed by atoms with Crippen molar-refractivity contribution in [2.45, 2.75) is 19.0 Å². The van der Waals surface area contributed by atoms with E-state index in [9.17, 15) is 18.3 Å². The van der Waals surface area contributed by atoms with E-state index in [1.807, 2.05) is 0 Å². The van der Waals surface area contributed by atoms with Gasteiger partial charge in [-0.1, -0.05) is 23.4 Å². The monoisotopic (exact) mass is 398 g/mol. The van der Waals surface area contributed by atoms with Crippen molar-refractivity contribution >= 4 is 17.3 Å². The highest BCUT2D eigenvalue weighted by atomic mass is 35.5. The molecule has 3 rings (SSSR count). The van der Waals surface area contributed by atoms with E-state index in [4.69, 9.17) is 11.6 Å². The summed E-state index contributed by atoms with van der Waals surface area (Å²) < 4.78 is 40.3. The quantitative estimate of drug-likeness (QED) is 0.624. The smallest absolute Gasteiger partial charge is 0.396 e. The van der Waals surface area contributed by atoms with Gasteiger partial charge in [0.1, 0.15) is 5.15 Å². The van der Waals surface area contributed by atoms with Gasteiger partial charge in [0.05, 0.1) is 16.8 Å². The molecule has 0 aromatic carbocycles. The molecule has 1 N–H and O–H groups in total. The number of aliphatic hydroxyl groups is 1. The molecule has 1 aliphatic heterocycles. The Kier molecular flexibility index (Phi) is 5.63. The molecule has 0 aliphatic carbocycles. The molecule has 2 aromatic heterocycles. The first-order chi connectivity index (χ1) is 12.8. The molecule has 0 amide bonds. The highest BCUT2D eigenvalue weighted by molar-refractivity contribution is 6.29. The third-order valence-electron chi connectivity index (χ3n) is 4.49. The van der Waals surface area contributed by atoms with Gasteiger partial charge in [-0.2, -0.15) is 18.3 Å². The molecule has 0 radical (unpaired) electrons. The van der Waals surface area contributed by atoms with Crippen LogP contribution >= 0.6 is 11.6 Å². The number of anilines is 1. The first-order valence-electron chi connectivity index (χ1n) is 8.42. The standard InChI is InChI=1S/C18H18ClF3N4O/c1-25-10-14(17(24-25)18(20,21)22)3-2-13-9-23-16(19)8-15(13)26-6-4-12(11-27)5-7-26/h8-10,12,27H,4-7,11H2,1H3. The van der Waals surface area contributed by atoms with Crippen LogP contribution in [-0.2, 0) is 13.2 Å². The van der Waals surface area contributed by atoms with Crippen LogP contribution in [0.5, 0.6) is 0 Å². The van der Waals surface area contributed by atoms with Gasteiger partial charge in [0.25, 0.3) is 0 Å². The average molecular weight is 399 g/mol. The molecule has 2 aromatic rings. The number of aryl methyl sites for hydroxylation is 1. The Bertz CT molecular complexity index is 877. The van der Waals surface area contributed by atoms with Crippen molar-refractivity contribution in [3.63, 3.8) is 0 Å². The normalized spacial score (nSPS) is 15.6. The first-order valence-corrected chi connectivity index (χ1v) is 8.80. The van der Waals surface area contributed by atoms with Crippen molar-refractivity contribution in [3.05, 3.63) is 40.4 Å². The summed E-state index contributed by atoms with van der Waals surface area (Å²) in [5, 5.41) is 13.0. The number of rotatable bonds is 2. The predicted molar refractivity (Wildman–Crippen MR) is 95.5 cm³/mol. The maximum absolute atomic E-state index is 13.1. The van der Waals surface area contributed by atoms with Crippen LogP contribution in [0.4, 0.5) is 18.9 Å². The topological polar surface area (TPSA) is 54.2 Å². The minimum Gasteiger partial charge on any atom is -0.396 e. The fourth-order valence-electron chi connectivity index (χ4n) is 3.06. The molecule has 1 fully saturated rings. The van der Waals surface area contributed by atoms with Crippen LogP contribution < -0.4 is 4.90 Å². The fourth-order valence-corrected chi connectivity index (χ4v) is 3.21. The van der Waals surface area contributed by atoms with Crippen molar-refractivity contribution in [1.82, 2.24) is 14.8 Å². The number of alkyl halides is 3. The molecule has 1 saturated heterocycles. The van der Waals surface area contributed by atoms with Gasteiger partial charge in [-0.25, -0.2) is 4.98 Å². The van der Waals surface area contributed by atoms with E-state index < -0.39 is 11.9 Å². The SMILES string of the molecule is Cn1cc(C#Cc2cnc(Cl)cc2N2CCC(CO)CC2)c(C(F)(F)F)n1. The lowest BCUT2D eigenvalue weighted by molar-refractivity contribution is -0.141. The molecule has 0 saturated carbocycles. The summed E-state index contributed by atoms with van der Waals surface area (Å²) in [5.74, 6) is 5.62. The average Bonchev–Trinajstić information content (AvgIpc) is 3.02. The Balaban J connectivity index is 1.93. The van der Waals surface area contributed by atoms with Gasteiger partial charge in [0.2, 0.25) is 0 Å². The number of aromatic nitrogens is 3. The van der Waals surface area contributed by atoms with Crippen LogP contribution in [0.25, 0.3) is 0 Å². The minimum absolute atomic E-state index is 0.152. The summed E-state index contributed by atoms with van der Waals surface area (Å²) in [6, 6.07) is 1.67. The van der Waals surface area contributed by atoms with Crippen molar-refractivity contribution < 1.29 is 18.3 Å². The molecule has 0 spiro atoms.